The Labute approximate surface area is 47.8 Å². The summed E-state index contributed by atoms with van der Waals surface area (Å²) in [7, 11) is 0. The Morgan fingerprint density at radius 2 is 2.50 bits per heavy atom. The van der Waals surface area contributed by atoms with Gasteiger partial charge in [-0.2, -0.15) is 0 Å². The number of rotatable bonds is 0. The number of Topliss-reactive ketones (excluding diaryl/α,β-unsaturated/α-hetero) is 1. The standard InChI is InChI=1S/C6H8O2/c7-6-2-5-1-4(6)3-8-5/h4-5H,1-3H2. The number of hydrogen-bond donors (Lipinski definition) is 0. The van der Waals surface area contributed by atoms with Gasteiger partial charge in [0.1, 0.15) is 5.78 Å². The first-order valence-corrected chi connectivity index (χ1v) is 3.00. The van der Waals surface area contributed by atoms with E-state index in [1.165, 1.54) is 0 Å². The summed E-state index contributed by atoms with van der Waals surface area (Å²) in [5.41, 5.74) is 0. The monoisotopic (exact) mass is 112 g/mol. The first kappa shape index (κ1) is 4.50. The maximum atomic E-state index is 10.8. The van der Waals surface area contributed by atoms with E-state index < -0.39 is 0 Å². The van der Waals surface area contributed by atoms with Gasteiger partial charge in [0.2, 0.25) is 0 Å². The van der Waals surface area contributed by atoms with Crippen LogP contribution in [0.15, 0.2) is 0 Å². The van der Waals surface area contributed by atoms with Gasteiger partial charge < -0.3 is 4.74 Å². The molecule has 2 heteroatoms. The third-order valence-corrected chi connectivity index (χ3v) is 1.96. The third kappa shape index (κ3) is 0.436. The lowest BCUT2D eigenvalue weighted by atomic mass is 10.1. The average molecular weight is 112 g/mol. The Morgan fingerprint density at radius 3 is 2.75 bits per heavy atom. The Morgan fingerprint density at radius 1 is 1.62 bits per heavy atom. The Kier molecular flexibility index (Phi) is 0.742. The van der Waals surface area contributed by atoms with E-state index in [0.29, 0.717) is 24.9 Å². The van der Waals surface area contributed by atoms with Crippen molar-refractivity contribution in [1.29, 1.82) is 0 Å². The Bertz CT molecular complexity index is 130. The molecule has 2 rings (SSSR count). The zero-order chi connectivity index (χ0) is 5.56. The number of hydrogen-bond acceptors (Lipinski definition) is 2. The Balaban J connectivity index is 2.22. The Hall–Kier alpha value is -0.370. The number of ketones is 1. The molecule has 0 amide bonds. The van der Waals surface area contributed by atoms with Crippen LogP contribution < -0.4 is 0 Å². The highest BCUT2D eigenvalue weighted by Gasteiger charge is 2.39. The van der Waals surface area contributed by atoms with E-state index in [9.17, 15) is 4.79 Å². The van der Waals surface area contributed by atoms with Crippen LogP contribution in [-0.2, 0) is 9.53 Å². The maximum Gasteiger partial charge on any atom is 0.140 e. The fourth-order valence-electron chi connectivity index (χ4n) is 1.46. The van der Waals surface area contributed by atoms with Crippen LogP contribution in [0, 0.1) is 5.92 Å². The summed E-state index contributed by atoms with van der Waals surface area (Å²) in [4.78, 5) is 10.8. The topological polar surface area (TPSA) is 26.3 Å². The third-order valence-electron chi connectivity index (χ3n) is 1.96. The molecule has 2 atom stereocenters. The van der Waals surface area contributed by atoms with E-state index in [0.717, 1.165) is 6.42 Å². The molecule has 0 aromatic carbocycles. The molecule has 0 N–H and O–H groups in total. The van der Waals surface area contributed by atoms with E-state index in [1.54, 1.807) is 0 Å². The summed E-state index contributed by atoms with van der Waals surface area (Å²) < 4.78 is 5.20. The summed E-state index contributed by atoms with van der Waals surface area (Å²) in [5, 5.41) is 0. The van der Waals surface area contributed by atoms with Crippen LogP contribution in [0.25, 0.3) is 0 Å². The van der Waals surface area contributed by atoms with Gasteiger partial charge in [0.15, 0.2) is 0 Å². The van der Waals surface area contributed by atoms with E-state index in [1.807, 2.05) is 0 Å². The van der Waals surface area contributed by atoms with E-state index in [4.69, 9.17) is 4.74 Å². The van der Waals surface area contributed by atoms with E-state index in [-0.39, 0.29) is 5.92 Å². The van der Waals surface area contributed by atoms with Crippen molar-refractivity contribution in [2.24, 2.45) is 5.92 Å². The first-order chi connectivity index (χ1) is 3.86. The van der Waals surface area contributed by atoms with Gasteiger partial charge in [-0.1, -0.05) is 0 Å². The van der Waals surface area contributed by atoms with Crippen molar-refractivity contribution in [2.75, 3.05) is 6.61 Å². The van der Waals surface area contributed by atoms with Crippen molar-refractivity contribution in [1.82, 2.24) is 0 Å². The summed E-state index contributed by atoms with van der Waals surface area (Å²) >= 11 is 0. The second-order valence-corrected chi connectivity index (χ2v) is 2.56. The molecule has 0 aromatic rings. The molecule has 2 aliphatic rings. The van der Waals surface area contributed by atoms with E-state index >= 15 is 0 Å². The molecule has 8 heavy (non-hydrogen) atoms. The molecule has 0 aromatic heterocycles. The van der Waals surface area contributed by atoms with Gasteiger partial charge >= 0.3 is 0 Å². The van der Waals surface area contributed by atoms with Crippen LogP contribution in [0.4, 0.5) is 0 Å². The van der Waals surface area contributed by atoms with Crippen molar-refractivity contribution in [3.8, 4) is 0 Å². The van der Waals surface area contributed by atoms with Crippen molar-refractivity contribution >= 4 is 5.78 Å². The van der Waals surface area contributed by atoms with E-state index in [2.05, 4.69) is 0 Å². The summed E-state index contributed by atoms with van der Waals surface area (Å²) in [6, 6.07) is 0. The van der Waals surface area contributed by atoms with Crippen LogP contribution >= 0.6 is 0 Å². The number of ether oxygens (including phenoxy) is 1. The summed E-state index contributed by atoms with van der Waals surface area (Å²) in [5.74, 6) is 0.696. The molecule has 2 fully saturated rings. The lowest BCUT2D eigenvalue weighted by molar-refractivity contribution is -0.125. The zero-order valence-corrected chi connectivity index (χ0v) is 4.59. The van der Waals surface area contributed by atoms with Crippen LogP contribution in [0.5, 0.6) is 0 Å². The second kappa shape index (κ2) is 1.32. The predicted octanol–water partition coefficient (Wildman–Crippen LogP) is 0.364. The van der Waals surface area contributed by atoms with Gasteiger partial charge in [0.25, 0.3) is 0 Å². The summed E-state index contributed by atoms with van der Waals surface area (Å²) in [6.45, 7) is 0.698. The fourth-order valence-corrected chi connectivity index (χ4v) is 1.46. The summed E-state index contributed by atoms with van der Waals surface area (Å²) in [6.07, 6.45) is 1.98. The largest absolute Gasteiger partial charge is 0.377 e. The van der Waals surface area contributed by atoms with Gasteiger partial charge in [-0.25, -0.2) is 0 Å². The van der Waals surface area contributed by atoms with Crippen molar-refractivity contribution in [3.63, 3.8) is 0 Å². The van der Waals surface area contributed by atoms with Crippen LogP contribution in [0.3, 0.4) is 0 Å². The molecule has 0 radical (unpaired) electrons. The molecule has 1 heterocycles. The molecule has 2 bridgehead atoms. The fraction of sp³-hybridized carbons (Fsp3) is 0.833. The molecule has 0 spiro atoms. The molecule has 1 aliphatic carbocycles. The highest BCUT2D eigenvalue weighted by atomic mass is 16.5. The molecule has 44 valence electrons. The average Bonchev–Trinajstić information content (AvgIpc) is 2.23. The maximum absolute atomic E-state index is 10.8. The van der Waals surface area contributed by atoms with Crippen LogP contribution in [-0.4, -0.2) is 18.5 Å². The molecular formula is C6H8O2. The first-order valence-electron chi connectivity index (χ1n) is 3.00. The quantitative estimate of drug-likeness (QED) is 0.452. The van der Waals surface area contributed by atoms with Gasteiger partial charge in [0.05, 0.1) is 12.7 Å². The number of carbonyl (C=O) groups excluding carboxylic acids is 1. The van der Waals surface area contributed by atoms with Crippen LogP contribution in [0.1, 0.15) is 12.8 Å². The van der Waals surface area contributed by atoms with Crippen molar-refractivity contribution in [2.45, 2.75) is 18.9 Å². The van der Waals surface area contributed by atoms with Crippen molar-refractivity contribution < 1.29 is 9.53 Å². The smallest absolute Gasteiger partial charge is 0.140 e. The molecule has 1 saturated carbocycles. The zero-order valence-electron chi connectivity index (χ0n) is 4.59. The van der Waals surface area contributed by atoms with Gasteiger partial charge in [-0.05, 0) is 6.42 Å². The minimum Gasteiger partial charge on any atom is -0.377 e. The minimum atomic E-state index is 0.278. The van der Waals surface area contributed by atoms with Gasteiger partial charge in [0, 0.05) is 12.3 Å². The highest BCUT2D eigenvalue weighted by Crippen LogP contribution is 2.31. The second-order valence-electron chi connectivity index (χ2n) is 2.56. The molecule has 1 aliphatic heterocycles. The van der Waals surface area contributed by atoms with Gasteiger partial charge in [-0.15, -0.1) is 0 Å². The SMILES string of the molecule is O=C1CC2CC1CO2. The van der Waals surface area contributed by atoms with Gasteiger partial charge in [-0.3, -0.25) is 4.79 Å². The predicted molar refractivity (Wildman–Crippen MR) is 27.5 cm³/mol. The molecule has 2 unspecified atom stereocenters. The number of fused-ring (bicyclic) bond motifs is 2. The molecular weight excluding hydrogens is 104 g/mol. The normalized spacial score (nSPS) is 43.8. The number of carbonyl (C=O) groups is 1. The lowest BCUT2D eigenvalue weighted by Crippen LogP contribution is -2.16. The lowest BCUT2D eigenvalue weighted by Gasteiger charge is -2.06. The highest BCUT2D eigenvalue weighted by molar-refractivity contribution is 5.84. The van der Waals surface area contributed by atoms with Crippen LogP contribution in [0.2, 0.25) is 0 Å². The van der Waals surface area contributed by atoms with Crippen molar-refractivity contribution in [3.05, 3.63) is 0 Å². The molecule has 2 nitrogen and oxygen atoms in total. The molecule has 1 saturated heterocycles. The minimum absolute atomic E-state index is 0.278.